The van der Waals surface area contributed by atoms with E-state index in [1.54, 1.807) is 24.5 Å². The molecule has 0 aliphatic heterocycles. The van der Waals surface area contributed by atoms with Gasteiger partial charge in [-0.3, -0.25) is 4.79 Å². The molecular weight excluding hydrogens is 426 g/mol. The van der Waals surface area contributed by atoms with E-state index in [9.17, 15) is 4.79 Å². The van der Waals surface area contributed by atoms with E-state index in [1.165, 1.54) is 22.6 Å². The number of aryl methyl sites for hydroxylation is 1. The van der Waals surface area contributed by atoms with E-state index >= 15 is 0 Å². The number of furan rings is 1. The number of benzene rings is 2. The zero-order chi connectivity index (χ0) is 18.8. The Labute approximate surface area is 168 Å². The third-order valence-electron chi connectivity index (χ3n) is 3.82. The van der Waals surface area contributed by atoms with Crippen LogP contribution in [-0.2, 0) is 0 Å². The molecule has 0 fully saturated rings. The molecule has 0 aliphatic carbocycles. The largest absolute Gasteiger partial charge is 0.463 e. The van der Waals surface area contributed by atoms with Crippen molar-refractivity contribution in [3.8, 4) is 0 Å². The maximum Gasteiger partial charge on any atom is 0.280 e. The second-order valence-corrected chi connectivity index (χ2v) is 7.78. The Bertz CT molecular complexity index is 1140. The number of hydrogen-bond donors (Lipinski definition) is 0. The van der Waals surface area contributed by atoms with E-state index < -0.39 is 0 Å². The van der Waals surface area contributed by atoms with Crippen LogP contribution in [0.5, 0.6) is 0 Å². The fraction of sp³-hybridized carbons (Fsp3) is 0.0500. The molecular formula is C20H14BrN3O2S. The summed E-state index contributed by atoms with van der Waals surface area (Å²) in [6.45, 7) is 1.95. The van der Waals surface area contributed by atoms with Crippen LogP contribution in [0.3, 0.4) is 0 Å². The maximum absolute atomic E-state index is 13.1. The standard InChI is InChI=1S/C20H14BrN3O2S/c1-13-4-2-5-14(10-13)19(25)24(22-12-16-6-3-9-26-16)20-23-17-8-7-15(21)11-18(17)27-20/h2-12H,1H3/b22-12+. The smallest absolute Gasteiger partial charge is 0.280 e. The summed E-state index contributed by atoms with van der Waals surface area (Å²) in [7, 11) is 0. The zero-order valence-corrected chi connectivity index (χ0v) is 16.7. The fourth-order valence-corrected chi connectivity index (χ4v) is 4.02. The van der Waals surface area contributed by atoms with Crippen molar-refractivity contribution in [1.29, 1.82) is 0 Å². The van der Waals surface area contributed by atoms with Gasteiger partial charge in [0.05, 0.1) is 22.7 Å². The van der Waals surface area contributed by atoms with E-state index in [1.807, 2.05) is 43.3 Å². The van der Waals surface area contributed by atoms with Gasteiger partial charge in [0.1, 0.15) is 5.76 Å². The van der Waals surface area contributed by atoms with Crippen LogP contribution >= 0.6 is 27.3 Å². The number of thiazole rings is 1. The molecule has 1 amide bonds. The number of anilines is 1. The summed E-state index contributed by atoms with van der Waals surface area (Å²) in [4.78, 5) is 17.7. The Hall–Kier alpha value is -2.77. The van der Waals surface area contributed by atoms with Crippen molar-refractivity contribution in [3.05, 3.63) is 82.2 Å². The number of carbonyl (C=O) groups excluding carboxylic acids is 1. The molecule has 2 heterocycles. The monoisotopic (exact) mass is 439 g/mol. The fourth-order valence-electron chi connectivity index (χ4n) is 2.55. The second-order valence-electron chi connectivity index (χ2n) is 5.85. The van der Waals surface area contributed by atoms with Gasteiger partial charge in [-0.15, -0.1) is 0 Å². The first-order valence-electron chi connectivity index (χ1n) is 8.15. The molecule has 4 rings (SSSR count). The Morgan fingerprint density at radius 1 is 1.22 bits per heavy atom. The number of rotatable bonds is 4. The van der Waals surface area contributed by atoms with Crippen LogP contribution in [0, 0.1) is 6.92 Å². The van der Waals surface area contributed by atoms with Gasteiger partial charge < -0.3 is 4.42 Å². The zero-order valence-electron chi connectivity index (χ0n) is 14.3. The highest BCUT2D eigenvalue weighted by atomic mass is 79.9. The summed E-state index contributed by atoms with van der Waals surface area (Å²) in [6, 6.07) is 16.8. The van der Waals surface area contributed by atoms with Gasteiger partial charge >= 0.3 is 0 Å². The molecule has 0 saturated carbocycles. The molecule has 0 N–H and O–H groups in total. The molecule has 27 heavy (non-hydrogen) atoms. The molecule has 0 spiro atoms. The van der Waals surface area contributed by atoms with Crippen LogP contribution in [0.25, 0.3) is 10.2 Å². The quantitative estimate of drug-likeness (QED) is 0.305. The molecule has 0 bridgehead atoms. The van der Waals surface area contributed by atoms with Crippen molar-refractivity contribution in [2.24, 2.45) is 5.10 Å². The molecule has 0 unspecified atom stereocenters. The number of amides is 1. The van der Waals surface area contributed by atoms with E-state index in [-0.39, 0.29) is 5.91 Å². The summed E-state index contributed by atoms with van der Waals surface area (Å²) in [5.74, 6) is 0.306. The highest BCUT2D eigenvalue weighted by Gasteiger charge is 2.21. The van der Waals surface area contributed by atoms with Gasteiger partial charge in [-0.25, -0.2) is 4.98 Å². The minimum Gasteiger partial charge on any atom is -0.463 e. The van der Waals surface area contributed by atoms with Crippen LogP contribution in [0.2, 0.25) is 0 Å². The van der Waals surface area contributed by atoms with Gasteiger partial charge in [0.2, 0.25) is 5.13 Å². The van der Waals surface area contributed by atoms with E-state index in [2.05, 4.69) is 26.0 Å². The first-order chi connectivity index (χ1) is 13.1. The van der Waals surface area contributed by atoms with Crippen LogP contribution in [0.4, 0.5) is 5.13 Å². The minimum absolute atomic E-state index is 0.250. The Morgan fingerprint density at radius 3 is 2.89 bits per heavy atom. The second kappa shape index (κ2) is 7.46. The summed E-state index contributed by atoms with van der Waals surface area (Å²) < 4.78 is 7.21. The number of halogens is 1. The number of hydrazone groups is 1. The molecule has 0 saturated heterocycles. The summed E-state index contributed by atoms with van der Waals surface area (Å²) in [5, 5.41) is 6.17. The van der Waals surface area contributed by atoms with Crippen LogP contribution in [-0.4, -0.2) is 17.1 Å². The minimum atomic E-state index is -0.250. The van der Waals surface area contributed by atoms with Crippen molar-refractivity contribution in [2.45, 2.75) is 6.92 Å². The molecule has 2 aromatic heterocycles. The molecule has 0 atom stereocenters. The third kappa shape index (κ3) is 3.84. The topological polar surface area (TPSA) is 58.7 Å². The first kappa shape index (κ1) is 17.6. The van der Waals surface area contributed by atoms with Gasteiger partial charge in [-0.2, -0.15) is 10.1 Å². The average molecular weight is 440 g/mol. The Kier molecular flexibility index (Phi) is 4.87. The predicted octanol–water partition coefficient (Wildman–Crippen LogP) is 5.64. The van der Waals surface area contributed by atoms with Crippen molar-refractivity contribution < 1.29 is 9.21 Å². The molecule has 134 valence electrons. The van der Waals surface area contributed by atoms with Crippen molar-refractivity contribution in [3.63, 3.8) is 0 Å². The van der Waals surface area contributed by atoms with Gasteiger partial charge in [0, 0.05) is 10.0 Å². The molecule has 5 nitrogen and oxygen atoms in total. The molecule has 0 radical (unpaired) electrons. The Morgan fingerprint density at radius 2 is 2.11 bits per heavy atom. The van der Waals surface area contributed by atoms with Gasteiger partial charge in [0.25, 0.3) is 5.91 Å². The van der Waals surface area contributed by atoms with Crippen LogP contribution < -0.4 is 5.01 Å². The molecule has 0 aliphatic rings. The van der Waals surface area contributed by atoms with Crippen molar-refractivity contribution in [1.82, 2.24) is 4.98 Å². The lowest BCUT2D eigenvalue weighted by Crippen LogP contribution is -2.25. The molecule has 4 aromatic rings. The number of hydrogen-bond acceptors (Lipinski definition) is 5. The van der Waals surface area contributed by atoms with Crippen LogP contribution in [0.15, 0.2) is 74.9 Å². The number of aromatic nitrogens is 1. The number of fused-ring (bicyclic) bond motifs is 1. The van der Waals surface area contributed by atoms with E-state index in [0.717, 1.165) is 20.3 Å². The van der Waals surface area contributed by atoms with Gasteiger partial charge in [0.15, 0.2) is 0 Å². The van der Waals surface area contributed by atoms with Crippen molar-refractivity contribution >= 4 is 54.7 Å². The number of carbonyl (C=O) groups is 1. The van der Waals surface area contributed by atoms with E-state index in [4.69, 9.17) is 4.42 Å². The van der Waals surface area contributed by atoms with E-state index in [0.29, 0.717) is 16.5 Å². The first-order valence-corrected chi connectivity index (χ1v) is 9.76. The molecule has 7 heteroatoms. The van der Waals surface area contributed by atoms with Crippen molar-refractivity contribution in [2.75, 3.05) is 5.01 Å². The lowest BCUT2D eigenvalue weighted by molar-refractivity contribution is 0.0987. The lowest BCUT2D eigenvalue weighted by Gasteiger charge is -2.13. The highest BCUT2D eigenvalue weighted by molar-refractivity contribution is 9.10. The predicted molar refractivity (Wildman–Crippen MR) is 112 cm³/mol. The summed E-state index contributed by atoms with van der Waals surface area (Å²) in [5.41, 5.74) is 2.37. The lowest BCUT2D eigenvalue weighted by atomic mass is 10.1. The van der Waals surface area contributed by atoms with Crippen LogP contribution in [0.1, 0.15) is 21.7 Å². The highest BCUT2D eigenvalue weighted by Crippen LogP contribution is 2.32. The SMILES string of the molecule is Cc1cccc(C(=O)N(/N=C/c2ccco2)c2nc3ccc(Br)cc3s2)c1. The Balaban J connectivity index is 1.77. The molecule has 2 aromatic carbocycles. The normalized spacial score (nSPS) is 11.3. The average Bonchev–Trinajstić information content (AvgIpc) is 3.31. The summed E-state index contributed by atoms with van der Waals surface area (Å²) in [6.07, 6.45) is 3.07. The van der Waals surface area contributed by atoms with Gasteiger partial charge in [-0.05, 0) is 49.4 Å². The maximum atomic E-state index is 13.1. The summed E-state index contributed by atoms with van der Waals surface area (Å²) >= 11 is 4.87. The van der Waals surface area contributed by atoms with Gasteiger partial charge in [-0.1, -0.05) is 45.0 Å². The number of nitrogens with zero attached hydrogens (tertiary/aromatic N) is 3. The third-order valence-corrected chi connectivity index (χ3v) is 5.31.